The number of amides is 2. The molecule has 1 atom stereocenters. The van der Waals surface area contributed by atoms with Crippen molar-refractivity contribution in [3.05, 3.63) is 98.9 Å². The fraction of sp³-hybridized carbons (Fsp3) is 0.125. The van der Waals surface area contributed by atoms with E-state index in [1.807, 2.05) is 36.6 Å². The summed E-state index contributed by atoms with van der Waals surface area (Å²) in [6.45, 7) is 2.29. The SMILES string of the molecule is CC1=C(c2nc(-c3ccc(F)cc3)no2)C(c2ccc(Cl)cc2)NC(=O)N1Cc1cccs1. The molecule has 1 aliphatic rings. The predicted molar refractivity (Wildman–Crippen MR) is 125 cm³/mol. The van der Waals surface area contributed by atoms with Crippen LogP contribution in [-0.2, 0) is 6.54 Å². The fourth-order valence-corrected chi connectivity index (χ4v) is 4.58. The Hall–Kier alpha value is -3.49. The number of urea groups is 1. The Morgan fingerprint density at radius 1 is 1.15 bits per heavy atom. The van der Waals surface area contributed by atoms with Gasteiger partial charge in [0, 0.05) is 21.2 Å². The van der Waals surface area contributed by atoms with Crippen molar-refractivity contribution in [3.8, 4) is 11.4 Å². The third-order valence-corrected chi connectivity index (χ3v) is 6.57. The summed E-state index contributed by atoms with van der Waals surface area (Å²) in [5.74, 6) is 0.271. The van der Waals surface area contributed by atoms with Crippen LogP contribution in [0.2, 0.25) is 5.02 Å². The first-order valence-corrected chi connectivity index (χ1v) is 11.4. The second-order valence-electron chi connectivity index (χ2n) is 7.53. The summed E-state index contributed by atoms with van der Waals surface area (Å²) in [5.41, 5.74) is 2.86. The molecule has 6 nitrogen and oxygen atoms in total. The van der Waals surface area contributed by atoms with Gasteiger partial charge in [-0.05, 0) is 60.3 Å². The molecular weight excluding hydrogens is 463 g/mol. The van der Waals surface area contributed by atoms with Gasteiger partial charge >= 0.3 is 6.03 Å². The van der Waals surface area contributed by atoms with E-state index in [0.717, 1.165) is 10.4 Å². The summed E-state index contributed by atoms with van der Waals surface area (Å²) in [6, 6.07) is 16.3. The molecule has 33 heavy (non-hydrogen) atoms. The summed E-state index contributed by atoms with van der Waals surface area (Å²) >= 11 is 7.65. The van der Waals surface area contributed by atoms with E-state index in [2.05, 4.69) is 15.5 Å². The molecule has 0 fully saturated rings. The Labute approximate surface area is 198 Å². The molecule has 0 spiro atoms. The Balaban J connectivity index is 1.59. The molecule has 0 saturated heterocycles. The standard InChI is InChI=1S/C24H18ClFN4O2S/c1-14-20(23-28-22(29-32-23)16-6-10-18(26)11-7-16)21(15-4-8-17(25)9-5-15)27-24(31)30(14)13-19-3-2-12-33-19/h2-12,21H,13H2,1H3,(H,27,31). The molecule has 0 radical (unpaired) electrons. The Kier molecular flexibility index (Phi) is 5.70. The monoisotopic (exact) mass is 480 g/mol. The van der Waals surface area contributed by atoms with Crippen molar-refractivity contribution in [1.29, 1.82) is 0 Å². The molecule has 2 amide bonds. The molecule has 9 heteroatoms. The number of aromatic nitrogens is 2. The number of nitrogens with one attached hydrogen (secondary N) is 1. The van der Waals surface area contributed by atoms with Gasteiger partial charge in [0.1, 0.15) is 5.82 Å². The summed E-state index contributed by atoms with van der Waals surface area (Å²) in [7, 11) is 0. The highest BCUT2D eigenvalue weighted by molar-refractivity contribution is 7.09. The average molecular weight is 481 g/mol. The third kappa shape index (κ3) is 4.27. The van der Waals surface area contributed by atoms with Crippen LogP contribution in [0, 0.1) is 5.82 Å². The smallest absolute Gasteiger partial charge is 0.322 e. The van der Waals surface area contributed by atoms with Crippen LogP contribution in [0.5, 0.6) is 0 Å². The molecular formula is C24H18ClFN4O2S. The van der Waals surface area contributed by atoms with E-state index in [0.29, 0.717) is 34.2 Å². The molecule has 0 saturated carbocycles. The number of halogens is 2. The topological polar surface area (TPSA) is 71.3 Å². The number of allylic oxidation sites excluding steroid dienone is 1. The van der Waals surface area contributed by atoms with E-state index in [1.165, 1.54) is 12.1 Å². The molecule has 1 aliphatic heterocycles. The van der Waals surface area contributed by atoms with Crippen LogP contribution in [0.1, 0.15) is 29.3 Å². The first-order chi connectivity index (χ1) is 16.0. The maximum Gasteiger partial charge on any atom is 0.322 e. The van der Waals surface area contributed by atoms with Crippen LogP contribution in [0.15, 0.2) is 76.3 Å². The van der Waals surface area contributed by atoms with Crippen molar-refractivity contribution in [2.75, 3.05) is 0 Å². The lowest BCUT2D eigenvalue weighted by Gasteiger charge is -2.35. The van der Waals surface area contributed by atoms with Gasteiger partial charge in [-0.15, -0.1) is 11.3 Å². The van der Waals surface area contributed by atoms with Crippen molar-refractivity contribution in [2.24, 2.45) is 0 Å². The Morgan fingerprint density at radius 3 is 2.61 bits per heavy atom. The maximum atomic E-state index is 13.3. The molecule has 0 bridgehead atoms. The number of thiophene rings is 1. The van der Waals surface area contributed by atoms with Gasteiger partial charge in [-0.1, -0.05) is 35.0 Å². The minimum atomic E-state index is -0.504. The van der Waals surface area contributed by atoms with E-state index in [9.17, 15) is 9.18 Å². The van der Waals surface area contributed by atoms with Crippen molar-refractivity contribution < 1.29 is 13.7 Å². The molecule has 1 N–H and O–H groups in total. The highest BCUT2D eigenvalue weighted by atomic mass is 35.5. The van der Waals surface area contributed by atoms with E-state index in [1.54, 1.807) is 40.5 Å². The first kappa shape index (κ1) is 21.4. The van der Waals surface area contributed by atoms with Gasteiger partial charge in [0.2, 0.25) is 5.82 Å². The van der Waals surface area contributed by atoms with Crippen LogP contribution in [0.4, 0.5) is 9.18 Å². The first-order valence-electron chi connectivity index (χ1n) is 10.2. The summed E-state index contributed by atoms with van der Waals surface area (Å²) in [6.07, 6.45) is 0. The van der Waals surface area contributed by atoms with Gasteiger partial charge < -0.3 is 9.84 Å². The number of nitrogens with zero attached hydrogens (tertiary/aromatic N) is 3. The zero-order valence-electron chi connectivity index (χ0n) is 17.5. The Bertz CT molecular complexity index is 1320. The van der Waals surface area contributed by atoms with Crippen LogP contribution in [0.3, 0.4) is 0 Å². The highest BCUT2D eigenvalue weighted by Crippen LogP contribution is 2.38. The van der Waals surface area contributed by atoms with E-state index >= 15 is 0 Å². The van der Waals surface area contributed by atoms with E-state index < -0.39 is 6.04 Å². The Morgan fingerprint density at radius 2 is 1.91 bits per heavy atom. The molecule has 2 aromatic carbocycles. The van der Waals surface area contributed by atoms with Crippen LogP contribution in [-0.4, -0.2) is 21.1 Å². The molecule has 1 unspecified atom stereocenters. The maximum absolute atomic E-state index is 13.3. The minimum absolute atomic E-state index is 0.220. The lowest BCUT2D eigenvalue weighted by Crippen LogP contribution is -2.45. The van der Waals surface area contributed by atoms with Crippen LogP contribution in [0.25, 0.3) is 17.0 Å². The number of rotatable bonds is 5. The number of carbonyl (C=O) groups is 1. The predicted octanol–water partition coefficient (Wildman–Crippen LogP) is 6.29. The minimum Gasteiger partial charge on any atom is -0.334 e. The van der Waals surface area contributed by atoms with Crippen molar-refractivity contribution >= 4 is 34.5 Å². The van der Waals surface area contributed by atoms with Gasteiger partial charge in [0.25, 0.3) is 5.89 Å². The van der Waals surface area contributed by atoms with Gasteiger partial charge in [-0.2, -0.15) is 4.98 Å². The lowest BCUT2D eigenvalue weighted by atomic mass is 9.94. The van der Waals surface area contributed by atoms with Crippen molar-refractivity contribution in [2.45, 2.75) is 19.5 Å². The molecule has 2 aromatic heterocycles. The van der Waals surface area contributed by atoms with Gasteiger partial charge in [0.05, 0.1) is 18.2 Å². The molecule has 166 valence electrons. The second-order valence-corrected chi connectivity index (χ2v) is 9.00. The number of hydrogen-bond donors (Lipinski definition) is 1. The summed E-state index contributed by atoms with van der Waals surface area (Å²) in [4.78, 5) is 20.4. The molecule has 0 aliphatic carbocycles. The van der Waals surface area contributed by atoms with Crippen LogP contribution >= 0.6 is 22.9 Å². The van der Waals surface area contributed by atoms with Crippen molar-refractivity contribution in [3.63, 3.8) is 0 Å². The van der Waals surface area contributed by atoms with Gasteiger partial charge in [0.15, 0.2) is 0 Å². The fourth-order valence-electron chi connectivity index (χ4n) is 3.76. The number of carbonyl (C=O) groups excluding carboxylic acids is 1. The normalized spacial score (nSPS) is 16.3. The van der Waals surface area contributed by atoms with E-state index in [4.69, 9.17) is 16.1 Å². The molecule has 3 heterocycles. The lowest BCUT2D eigenvalue weighted by molar-refractivity contribution is 0.203. The molecule has 4 aromatic rings. The summed E-state index contributed by atoms with van der Waals surface area (Å²) in [5, 5.41) is 9.73. The van der Waals surface area contributed by atoms with Gasteiger partial charge in [-0.25, -0.2) is 9.18 Å². The second kappa shape index (κ2) is 8.80. The molecule has 5 rings (SSSR count). The quantitative estimate of drug-likeness (QED) is 0.364. The third-order valence-electron chi connectivity index (χ3n) is 5.45. The number of hydrogen-bond acceptors (Lipinski definition) is 5. The largest absolute Gasteiger partial charge is 0.334 e. The zero-order chi connectivity index (χ0) is 22.9. The van der Waals surface area contributed by atoms with E-state index in [-0.39, 0.29) is 17.7 Å². The average Bonchev–Trinajstić information content (AvgIpc) is 3.50. The van der Waals surface area contributed by atoms with Crippen LogP contribution < -0.4 is 5.32 Å². The zero-order valence-corrected chi connectivity index (χ0v) is 19.0. The van der Waals surface area contributed by atoms with Gasteiger partial charge in [-0.3, -0.25) is 4.90 Å². The number of benzene rings is 2. The highest BCUT2D eigenvalue weighted by Gasteiger charge is 2.35. The van der Waals surface area contributed by atoms with Crippen molar-refractivity contribution in [1.82, 2.24) is 20.4 Å². The summed E-state index contributed by atoms with van der Waals surface area (Å²) < 4.78 is 19.0.